The van der Waals surface area contributed by atoms with Gasteiger partial charge in [-0.3, -0.25) is 0 Å². The van der Waals surface area contributed by atoms with Gasteiger partial charge in [0.1, 0.15) is 5.58 Å². The summed E-state index contributed by atoms with van der Waals surface area (Å²) < 4.78 is 9.32. The van der Waals surface area contributed by atoms with Gasteiger partial charge < -0.3 is 13.9 Å². The summed E-state index contributed by atoms with van der Waals surface area (Å²) in [5.74, 6) is 0. The van der Waals surface area contributed by atoms with Gasteiger partial charge in [-0.1, -0.05) is 147 Å². The van der Waals surface area contributed by atoms with E-state index in [0.29, 0.717) is 0 Å². The van der Waals surface area contributed by atoms with Crippen molar-refractivity contribution in [2.45, 2.75) is 19.3 Å². The van der Waals surface area contributed by atoms with Crippen molar-refractivity contribution in [3.8, 4) is 27.9 Å². The van der Waals surface area contributed by atoms with E-state index in [1.165, 1.54) is 60.6 Å². The summed E-state index contributed by atoms with van der Waals surface area (Å²) in [6, 6.07) is 70.5. The summed E-state index contributed by atoms with van der Waals surface area (Å²) in [6.07, 6.45) is 0. The minimum absolute atomic E-state index is 0.0549. The Labute approximate surface area is 336 Å². The molecule has 0 saturated carbocycles. The third-order valence-corrected chi connectivity index (χ3v) is 12.6. The molecule has 12 rings (SSSR count). The summed E-state index contributed by atoms with van der Waals surface area (Å²) >= 11 is 0. The summed E-state index contributed by atoms with van der Waals surface area (Å²) in [5, 5.41) is 7.01. The summed E-state index contributed by atoms with van der Waals surface area (Å²) in [7, 11) is 0. The van der Waals surface area contributed by atoms with Crippen LogP contribution in [0.5, 0.6) is 0 Å². The van der Waals surface area contributed by atoms with E-state index >= 15 is 0 Å². The van der Waals surface area contributed by atoms with Gasteiger partial charge >= 0.3 is 0 Å². The highest BCUT2D eigenvalue weighted by Gasteiger charge is 2.36. The first kappa shape index (κ1) is 32.8. The molecule has 0 fully saturated rings. The van der Waals surface area contributed by atoms with E-state index in [1.807, 2.05) is 0 Å². The number of rotatable bonds is 5. The molecule has 3 heteroatoms. The average Bonchev–Trinajstić information content (AvgIpc) is 3.91. The van der Waals surface area contributed by atoms with Crippen LogP contribution in [-0.2, 0) is 5.41 Å². The maximum absolute atomic E-state index is 6.95. The normalized spacial score (nSPS) is 13.1. The summed E-state index contributed by atoms with van der Waals surface area (Å²) in [5.41, 5.74) is 16.2. The van der Waals surface area contributed by atoms with Crippen LogP contribution >= 0.6 is 0 Å². The molecule has 0 amide bonds. The zero-order valence-electron chi connectivity index (χ0n) is 32.3. The molecule has 11 aromatic rings. The Morgan fingerprint density at radius 3 is 1.76 bits per heavy atom. The smallest absolute Gasteiger partial charge is 0.159 e. The fourth-order valence-corrected chi connectivity index (χ4v) is 9.85. The molecular formula is C55H38N2O. The Kier molecular flexibility index (Phi) is 6.98. The van der Waals surface area contributed by atoms with Gasteiger partial charge in [0.2, 0.25) is 0 Å². The Bertz CT molecular complexity index is 3370. The van der Waals surface area contributed by atoms with E-state index in [4.69, 9.17) is 4.42 Å². The Balaban J connectivity index is 1.04. The van der Waals surface area contributed by atoms with Crippen molar-refractivity contribution >= 4 is 71.6 Å². The summed E-state index contributed by atoms with van der Waals surface area (Å²) in [6.45, 7) is 4.69. The van der Waals surface area contributed by atoms with Gasteiger partial charge in [0, 0.05) is 49.4 Å². The van der Waals surface area contributed by atoms with Gasteiger partial charge in [0.15, 0.2) is 5.58 Å². The van der Waals surface area contributed by atoms with E-state index in [9.17, 15) is 0 Å². The monoisotopic (exact) mass is 742 g/mol. The number of hydrogen-bond acceptors (Lipinski definition) is 2. The molecule has 0 N–H and O–H groups in total. The number of benzene rings is 9. The molecule has 274 valence electrons. The number of furan rings is 1. The largest absolute Gasteiger partial charge is 0.453 e. The van der Waals surface area contributed by atoms with Crippen molar-refractivity contribution < 1.29 is 4.42 Å². The molecule has 58 heavy (non-hydrogen) atoms. The van der Waals surface area contributed by atoms with Crippen molar-refractivity contribution in [3.05, 3.63) is 205 Å². The van der Waals surface area contributed by atoms with Gasteiger partial charge in [0.25, 0.3) is 0 Å². The topological polar surface area (TPSA) is 21.3 Å². The number of anilines is 3. The van der Waals surface area contributed by atoms with Crippen LogP contribution in [0.2, 0.25) is 0 Å². The average molecular weight is 743 g/mol. The van der Waals surface area contributed by atoms with E-state index in [0.717, 1.165) is 50.1 Å². The molecule has 0 aliphatic heterocycles. The van der Waals surface area contributed by atoms with Gasteiger partial charge in [-0.15, -0.1) is 0 Å². The molecule has 1 aliphatic carbocycles. The van der Waals surface area contributed by atoms with Crippen LogP contribution in [0.4, 0.5) is 17.1 Å². The first-order valence-electron chi connectivity index (χ1n) is 20.1. The molecular weight excluding hydrogens is 705 g/mol. The predicted molar refractivity (Wildman–Crippen MR) is 243 cm³/mol. The number of nitrogens with zero attached hydrogens (tertiary/aromatic N) is 2. The van der Waals surface area contributed by atoms with Crippen LogP contribution in [-0.4, -0.2) is 4.57 Å². The van der Waals surface area contributed by atoms with Crippen LogP contribution in [0, 0.1) is 0 Å². The molecule has 3 nitrogen and oxygen atoms in total. The minimum Gasteiger partial charge on any atom is -0.453 e. The second kappa shape index (κ2) is 12.3. The van der Waals surface area contributed by atoms with Crippen molar-refractivity contribution in [1.29, 1.82) is 0 Å². The molecule has 2 aromatic heterocycles. The maximum atomic E-state index is 6.95. The lowest BCUT2D eigenvalue weighted by Crippen LogP contribution is -2.14. The van der Waals surface area contributed by atoms with Crippen LogP contribution in [0.15, 0.2) is 199 Å². The third-order valence-electron chi connectivity index (χ3n) is 12.6. The second-order valence-electron chi connectivity index (χ2n) is 16.1. The standard InChI is InChI=1S/C55H38N2O/c1-55(2)47-20-8-5-17-46(47)52-40(18-11-21-48(52)55)36-25-28-37(29-26-36)56(51-24-12-19-44-45-34-27-35-13-3-4-14-41(35)53(45)58-54(44)51)38-30-32-39(33-31-38)57-49-22-9-6-15-42(49)43-16-7-10-23-50(43)57/h3-34H,1-2H3. The van der Waals surface area contributed by atoms with Crippen LogP contribution in [0.25, 0.3) is 82.5 Å². The number of para-hydroxylation sites is 3. The lowest BCUT2D eigenvalue weighted by molar-refractivity contribution is 0.660. The highest BCUT2D eigenvalue weighted by molar-refractivity contribution is 6.17. The molecule has 9 aromatic carbocycles. The van der Waals surface area contributed by atoms with E-state index in [1.54, 1.807) is 0 Å². The van der Waals surface area contributed by atoms with Gasteiger partial charge in [-0.25, -0.2) is 0 Å². The summed E-state index contributed by atoms with van der Waals surface area (Å²) in [4.78, 5) is 2.35. The SMILES string of the molecule is CC1(C)c2ccccc2-c2c(-c3ccc(N(c4ccc(-n5c6ccccc6c6ccccc65)cc4)c4cccc5c4oc4c6ccccc6ccc54)cc3)cccc21. The van der Waals surface area contributed by atoms with Gasteiger partial charge in [-0.05, 0) is 99.4 Å². The highest BCUT2D eigenvalue weighted by Crippen LogP contribution is 2.52. The number of aromatic nitrogens is 1. The van der Waals surface area contributed by atoms with Gasteiger partial charge in [0.05, 0.1) is 16.7 Å². The van der Waals surface area contributed by atoms with Crippen molar-refractivity contribution in [2.24, 2.45) is 0 Å². The molecule has 0 unspecified atom stereocenters. The second-order valence-corrected chi connectivity index (χ2v) is 16.1. The molecule has 1 aliphatic rings. The zero-order valence-corrected chi connectivity index (χ0v) is 32.3. The predicted octanol–water partition coefficient (Wildman–Crippen LogP) is 15.3. The van der Waals surface area contributed by atoms with E-state index in [2.05, 4.69) is 217 Å². The Morgan fingerprint density at radius 2 is 1.00 bits per heavy atom. The van der Waals surface area contributed by atoms with E-state index in [-0.39, 0.29) is 5.41 Å². The minimum atomic E-state index is -0.0549. The quantitative estimate of drug-likeness (QED) is 0.175. The van der Waals surface area contributed by atoms with Crippen LogP contribution < -0.4 is 4.90 Å². The molecule has 0 spiro atoms. The molecule has 2 heterocycles. The lowest BCUT2D eigenvalue weighted by atomic mass is 9.82. The highest BCUT2D eigenvalue weighted by atomic mass is 16.3. The fourth-order valence-electron chi connectivity index (χ4n) is 9.85. The fraction of sp³-hybridized carbons (Fsp3) is 0.0545. The Hall–Kier alpha value is -7.36. The van der Waals surface area contributed by atoms with E-state index < -0.39 is 0 Å². The number of fused-ring (bicyclic) bond motifs is 11. The first-order chi connectivity index (χ1) is 28.5. The van der Waals surface area contributed by atoms with Crippen LogP contribution in [0.1, 0.15) is 25.0 Å². The third kappa shape index (κ3) is 4.68. The van der Waals surface area contributed by atoms with Crippen molar-refractivity contribution in [1.82, 2.24) is 4.57 Å². The van der Waals surface area contributed by atoms with Crippen LogP contribution in [0.3, 0.4) is 0 Å². The first-order valence-corrected chi connectivity index (χ1v) is 20.1. The van der Waals surface area contributed by atoms with Gasteiger partial charge in [-0.2, -0.15) is 0 Å². The lowest BCUT2D eigenvalue weighted by Gasteiger charge is -2.26. The molecule has 0 atom stereocenters. The zero-order chi connectivity index (χ0) is 38.5. The molecule has 0 radical (unpaired) electrons. The maximum Gasteiger partial charge on any atom is 0.159 e. The van der Waals surface area contributed by atoms with Crippen molar-refractivity contribution in [3.63, 3.8) is 0 Å². The molecule has 0 bridgehead atoms. The number of hydrogen-bond donors (Lipinski definition) is 0. The Morgan fingerprint density at radius 1 is 0.431 bits per heavy atom. The molecule has 0 saturated heterocycles. The van der Waals surface area contributed by atoms with Crippen molar-refractivity contribution in [2.75, 3.05) is 4.90 Å².